The number of carbonyl (C=O) groups is 2. The zero-order valence-corrected chi connectivity index (χ0v) is 27.2. The van der Waals surface area contributed by atoms with Crippen molar-refractivity contribution in [2.75, 3.05) is 30.3 Å². The molecule has 0 spiro atoms. The number of nitrogens with one attached hydrogen (secondary N) is 3. The summed E-state index contributed by atoms with van der Waals surface area (Å²) in [6.45, 7) is 0.415. The molecular formula is C30H26N8O4S4. The lowest BCUT2D eigenvalue weighted by Crippen LogP contribution is -2.24. The molecule has 0 bridgehead atoms. The average molecular weight is 691 g/mol. The number of ketones is 2. The topological polar surface area (TPSA) is 179 Å². The summed E-state index contributed by atoms with van der Waals surface area (Å²) in [5.74, 6) is 0.533. The minimum absolute atomic E-state index is 0.0588. The minimum atomic E-state index is -0.904. The van der Waals surface area contributed by atoms with Gasteiger partial charge in [-0.05, 0) is 45.8 Å². The van der Waals surface area contributed by atoms with Gasteiger partial charge in [-0.3, -0.25) is 9.59 Å². The molecule has 234 valence electrons. The molecule has 7 aromatic rings. The third-order valence-corrected chi connectivity index (χ3v) is 10.0. The van der Waals surface area contributed by atoms with Crippen LogP contribution < -0.4 is 10.6 Å². The standard InChI is InChI=1S/C16H13N5OS2.C14H13N3O3S2/c22-14(12-2-1-6-23-12)13-15-11(4-7-24-15)20-16(21-13)18-5-3-10-8-17-9-19-10;18-7-8(19)6-15-14-16-9-3-5-22-13(9)11(17-14)12(20)10-2-1-4-21-10/h1-2,4,6-9H,3,5H2,(H,17,19)(H,18,20,21);1-5,8,18-19H,6-7H2,(H,15,16,17). The monoisotopic (exact) mass is 690 g/mol. The summed E-state index contributed by atoms with van der Waals surface area (Å²) in [6.07, 6.45) is 3.31. The second-order valence-corrected chi connectivity index (χ2v) is 13.4. The number of hydrogen-bond donors (Lipinski definition) is 5. The molecule has 1 atom stereocenters. The first-order valence-corrected chi connectivity index (χ1v) is 17.4. The van der Waals surface area contributed by atoms with Crippen molar-refractivity contribution >= 4 is 89.2 Å². The van der Waals surface area contributed by atoms with Crippen LogP contribution in [0.5, 0.6) is 0 Å². The first kappa shape index (κ1) is 31.5. The van der Waals surface area contributed by atoms with Crippen LogP contribution in [-0.2, 0) is 6.42 Å². The van der Waals surface area contributed by atoms with E-state index in [1.54, 1.807) is 18.6 Å². The Bertz CT molecular complexity index is 2040. The third-order valence-electron chi connectivity index (χ3n) is 6.47. The normalized spacial score (nSPS) is 11.7. The van der Waals surface area contributed by atoms with E-state index in [1.807, 2.05) is 51.9 Å². The Labute approximate surface area is 277 Å². The highest BCUT2D eigenvalue weighted by atomic mass is 32.1. The van der Waals surface area contributed by atoms with E-state index >= 15 is 0 Å². The number of thiophene rings is 4. The molecule has 0 saturated heterocycles. The van der Waals surface area contributed by atoms with E-state index in [-0.39, 0.29) is 30.7 Å². The summed E-state index contributed by atoms with van der Waals surface area (Å²) < 4.78 is 1.57. The lowest BCUT2D eigenvalue weighted by molar-refractivity contribution is 0.103. The number of aliphatic hydroxyl groups excluding tert-OH is 2. The van der Waals surface area contributed by atoms with E-state index in [4.69, 9.17) is 5.11 Å². The van der Waals surface area contributed by atoms with E-state index in [0.717, 1.165) is 27.0 Å². The fraction of sp³-hybridized carbons (Fsp3) is 0.167. The molecule has 0 aliphatic heterocycles. The van der Waals surface area contributed by atoms with E-state index in [1.165, 1.54) is 45.3 Å². The van der Waals surface area contributed by atoms with Crippen LogP contribution in [0.2, 0.25) is 0 Å². The van der Waals surface area contributed by atoms with Crippen LogP contribution in [0.25, 0.3) is 20.4 Å². The second kappa shape index (κ2) is 14.8. The molecule has 0 amide bonds. The summed E-state index contributed by atoms with van der Waals surface area (Å²) in [6, 6.07) is 11.0. The van der Waals surface area contributed by atoms with Gasteiger partial charge in [-0.25, -0.2) is 24.9 Å². The highest BCUT2D eigenvalue weighted by Gasteiger charge is 2.20. The Hall–Kier alpha value is -4.45. The Morgan fingerprint density at radius 2 is 1.37 bits per heavy atom. The number of imidazole rings is 1. The van der Waals surface area contributed by atoms with Gasteiger partial charge in [0.05, 0.1) is 49.2 Å². The first-order valence-electron chi connectivity index (χ1n) is 13.9. The number of carbonyl (C=O) groups excluding carboxylic acids is 2. The zero-order valence-electron chi connectivity index (χ0n) is 23.9. The van der Waals surface area contributed by atoms with Crippen molar-refractivity contribution in [2.45, 2.75) is 12.5 Å². The number of anilines is 2. The summed E-state index contributed by atoms with van der Waals surface area (Å²) in [5.41, 5.74) is 3.32. The predicted molar refractivity (Wildman–Crippen MR) is 183 cm³/mol. The number of H-pyrrole nitrogens is 1. The molecule has 7 aromatic heterocycles. The molecule has 7 rings (SSSR count). The lowest BCUT2D eigenvalue weighted by Gasteiger charge is -2.10. The maximum absolute atomic E-state index is 12.7. The number of fused-ring (bicyclic) bond motifs is 2. The number of nitrogens with zero attached hydrogens (tertiary/aromatic N) is 5. The molecular weight excluding hydrogens is 665 g/mol. The van der Waals surface area contributed by atoms with Gasteiger partial charge in [-0.1, -0.05) is 12.1 Å². The van der Waals surface area contributed by atoms with Crippen LogP contribution in [0.4, 0.5) is 11.9 Å². The van der Waals surface area contributed by atoms with Crippen molar-refractivity contribution in [1.29, 1.82) is 0 Å². The van der Waals surface area contributed by atoms with Gasteiger partial charge in [-0.2, -0.15) is 0 Å². The van der Waals surface area contributed by atoms with Crippen molar-refractivity contribution in [3.63, 3.8) is 0 Å². The number of aromatic nitrogens is 6. The van der Waals surface area contributed by atoms with Crippen LogP contribution in [0.1, 0.15) is 36.4 Å². The second-order valence-electron chi connectivity index (χ2n) is 9.65. The van der Waals surface area contributed by atoms with E-state index in [9.17, 15) is 14.7 Å². The Kier molecular flexibility index (Phi) is 10.1. The maximum Gasteiger partial charge on any atom is 0.224 e. The largest absolute Gasteiger partial charge is 0.394 e. The van der Waals surface area contributed by atoms with Crippen LogP contribution >= 0.6 is 45.3 Å². The number of aliphatic hydroxyl groups is 2. The molecule has 0 saturated carbocycles. The summed E-state index contributed by atoms with van der Waals surface area (Å²) in [7, 11) is 0. The molecule has 0 aliphatic carbocycles. The quantitative estimate of drug-likeness (QED) is 0.108. The van der Waals surface area contributed by atoms with Crippen LogP contribution in [-0.4, -0.2) is 77.5 Å². The highest BCUT2D eigenvalue weighted by Crippen LogP contribution is 2.28. The zero-order chi connectivity index (χ0) is 31.9. The molecule has 7 heterocycles. The molecule has 1 unspecified atom stereocenters. The van der Waals surface area contributed by atoms with Gasteiger partial charge in [0.15, 0.2) is 0 Å². The van der Waals surface area contributed by atoms with Gasteiger partial charge < -0.3 is 25.8 Å². The Morgan fingerprint density at radius 1 is 0.783 bits per heavy atom. The van der Waals surface area contributed by atoms with Crippen molar-refractivity contribution in [3.8, 4) is 0 Å². The minimum Gasteiger partial charge on any atom is -0.394 e. The smallest absolute Gasteiger partial charge is 0.224 e. The van der Waals surface area contributed by atoms with Crippen LogP contribution in [0, 0.1) is 0 Å². The molecule has 0 radical (unpaired) electrons. The fourth-order valence-corrected chi connectivity index (χ4v) is 7.21. The van der Waals surface area contributed by atoms with E-state index in [2.05, 4.69) is 40.5 Å². The van der Waals surface area contributed by atoms with Crippen molar-refractivity contribution in [3.05, 3.63) is 97.3 Å². The maximum atomic E-state index is 12.7. The number of hydrogen-bond acceptors (Lipinski definition) is 15. The van der Waals surface area contributed by atoms with E-state index < -0.39 is 6.10 Å². The molecule has 0 aromatic carbocycles. The van der Waals surface area contributed by atoms with Gasteiger partial charge in [0.25, 0.3) is 0 Å². The highest BCUT2D eigenvalue weighted by molar-refractivity contribution is 7.18. The molecule has 12 nitrogen and oxygen atoms in total. The Balaban J connectivity index is 0.000000162. The van der Waals surface area contributed by atoms with Gasteiger partial charge in [0, 0.05) is 31.4 Å². The van der Waals surface area contributed by atoms with Gasteiger partial charge in [-0.15, -0.1) is 45.3 Å². The Morgan fingerprint density at radius 3 is 1.87 bits per heavy atom. The number of rotatable bonds is 12. The summed E-state index contributed by atoms with van der Waals surface area (Å²) in [5, 5.41) is 31.8. The molecule has 0 aliphatic rings. The lowest BCUT2D eigenvalue weighted by atomic mass is 10.2. The molecule has 5 N–H and O–H groups in total. The first-order chi connectivity index (χ1) is 22.5. The summed E-state index contributed by atoms with van der Waals surface area (Å²) >= 11 is 5.69. The summed E-state index contributed by atoms with van der Waals surface area (Å²) in [4.78, 5) is 51.2. The van der Waals surface area contributed by atoms with Crippen molar-refractivity contribution in [2.24, 2.45) is 0 Å². The fourth-order valence-electron chi connectivity index (χ4n) is 4.25. The van der Waals surface area contributed by atoms with Gasteiger partial charge in [0.2, 0.25) is 23.5 Å². The number of aromatic amines is 1. The van der Waals surface area contributed by atoms with Gasteiger partial charge in [0.1, 0.15) is 11.4 Å². The van der Waals surface area contributed by atoms with Crippen LogP contribution in [0.3, 0.4) is 0 Å². The van der Waals surface area contributed by atoms with Crippen molar-refractivity contribution < 1.29 is 19.8 Å². The van der Waals surface area contributed by atoms with E-state index in [0.29, 0.717) is 39.2 Å². The molecule has 0 fully saturated rings. The third kappa shape index (κ3) is 7.33. The van der Waals surface area contributed by atoms with Crippen LogP contribution in [0.15, 0.2) is 70.4 Å². The SMILES string of the molecule is O=C(c1cccs1)c1nc(NCC(O)CO)nc2ccsc12.O=C(c1cccs1)c1nc(NCCc2cnc[nH]2)nc2ccsc12. The average Bonchev–Trinajstić information content (AvgIpc) is 3.92. The van der Waals surface area contributed by atoms with Crippen molar-refractivity contribution in [1.82, 2.24) is 29.9 Å². The molecule has 16 heteroatoms. The van der Waals surface area contributed by atoms with Gasteiger partial charge >= 0.3 is 0 Å². The predicted octanol–water partition coefficient (Wildman–Crippen LogP) is 5.11. The molecule has 46 heavy (non-hydrogen) atoms.